The molecule has 3 rings (SSSR count). The van der Waals surface area contributed by atoms with Crippen LogP contribution in [0, 0.1) is 12.7 Å². The molecule has 0 bridgehead atoms. The van der Waals surface area contributed by atoms with Crippen LogP contribution >= 0.6 is 0 Å². The van der Waals surface area contributed by atoms with Gasteiger partial charge in [-0.25, -0.2) is 14.2 Å². The number of ether oxygens (including phenoxy) is 1. The Balaban J connectivity index is 1.92. The Labute approximate surface area is 148 Å². The molecule has 1 amide bonds. The zero-order valence-corrected chi connectivity index (χ0v) is 14.2. The molecule has 1 aromatic carbocycles. The third-order valence-electron chi connectivity index (χ3n) is 3.98. The first kappa shape index (κ1) is 17.4. The second-order valence-corrected chi connectivity index (χ2v) is 5.55. The fourth-order valence-corrected chi connectivity index (χ4v) is 2.68. The molecule has 3 aromatic rings. The van der Waals surface area contributed by atoms with Crippen LogP contribution in [0.1, 0.15) is 21.7 Å². The van der Waals surface area contributed by atoms with E-state index in [1.54, 1.807) is 35.7 Å². The lowest BCUT2D eigenvalue weighted by molar-refractivity contribution is 0.111. The molecule has 8 heteroatoms. The van der Waals surface area contributed by atoms with Crippen molar-refractivity contribution in [2.75, 3.05) is 17.7 Å². The fourth-order valence-electron chi connectivity index (χ4n) is 2.68. The second-order valence-electron chi connectivity index (χ2n) is 5.55. The Morgan fingerprint density at radius 3 is 2.81 bits per heavy atom. The molecule has 0 aliphatic carbocycles. The molecule has 26 heavy (non-hydrogen) atoms. The molecule has 0 aliphatic rings. The van der Waals surface area contributed by atoms with Crippen molar-refractivity contribution in [3.05, 3.63) is 59.3 Å². The number of aromatic nitrogens is 2. The minimum atomic E-state index is -0.682. The Hall–Kier alpha value is -3.42. The number of hydrogen-bond donors (Lipinski definition) is 2. The Bertz CT molecular complexity index is 984. The predicted molar refractivity (Wildman–Crippen MR) is 95.1 cm³/mol. The van der Waals surface area contributed by atoms with E-state index in [9.17, 15) is 14.0 Å². The molecule has 0 aliphatic heterocycles. The van der Waals surface area contributed by atoms with Crippen molar-refractivity contribution in [1.29, 1.82) is 0 Å². The molecule has 0 spiro atoms. The first-order valence-corrected chi connectivity index (χ1v) is 7.84. The maximum Gasteiger partial charge on any atom is 0.411 e. The van der Waals surface area contributed by atoms with Crippen LogP contribution in [0.15, 0.2) is 36.5 Å². The van der Waals surface area contributed by atoms with Gasteiger partial charge in [0, 0.05) is 18.3 Å². The highest BCUT2D eigenvalue weighted by Crippen LogP contribution is 2.23. The number of imidazole rings is 1. The molecular weight excluding hydrogens is 339 g/mol. The van der Waals surface area contributed by atoms with Crippen molar-refractivity contribution in [2.45, 2.75) is 13.5 Å². The molecule has 0 fully saturated rings. The number of aryl methyl sites for hydroxylation is 1. The maximum atomic E-state index is 14.2. The van der Waals surface area contributed by atoms with Gasteiger partial charge in [0.2, 0.25) is 0 Å². The normalized spacial score (nSPS) is 10.6. The summed E-state index contributed by atoms with van der Waals surface area (Å²) in [4.78, 5) is 27.1. The Kier molecular flexibility index (Phi) is 4.83. The first-order valence-electron chi connectivity index (χ1n) is 7.84. The number of carbonyl (C=O) groups excluding carboxylic acids is 2. The zero-order chi connectivity index (χ0) is 18.7. The van der Waals surface area contributed by atoms with Gasteiger partial charge in [0.1, 0.15) is 11.5 Å². The van der Waals surface area contributed by atoms with Crippen molar-refractivity contribution in [2.24, 2.45) is 0 Å². The highest BCUT2D eigenvalue weighted by Gasteiger charge is 2.14. The summed E-state index contributed by atoms with van der Waals surface area (Å²) in [6.45, 7) is 1.85. The summed E-state index contributed by atoms with van der Waals surface area (Å²) < 4.78 is 20.5. The molecule has 0 atom stereocenters. The number of methoxy groups -OCH3 is 1. The third kappa shape index (κ3) is 3.21. The number of carbonyl (C=O) groups is 2. The van der Waals surface area contributed by atoms with Crippen LogP contribution < -0.4 is 10.6 Å². The molecule has 7 nitrogen and oxygen atoms in total. The molecule has 0 saturated heterocycles. The lowest BCUT2D eigenvalue weighted by Crippen LogP contribution is -2.14. The minimum absolute atomic E-state index is 0.105. The summed E-state index contributed by atoms with van der Waals surface area (Å²) >= 11 is 0. The number of amides is 1. The van der Waals surface area contributed by atoms with Crippen LogP contribution in [0.2, 0.25) is 0 Å². The number of fused-ring (bicyclic) bond motifs is 1. The van der Waals surface area contributed by atoms with Crippen LogP contribution in [0.3, 0.4) is 0 Å². The fraction of sp³-hybridized carbons (Fsp3) is 0.167. The van der Waals surface area contributed by atoms with E-state index in [1.165, 1.54) is 19.2 Å². The molecule has 2 N–H and O–H groups in total. The summed E-state index contributed by atoms with van der Waals surface area (Å²) in [5.74, 6) is -0.466. The molecular formula is C18H17FN4O3. The predicted octanol–water partition coefficient (Wildman–Crippen LogP) is 3.38. The van der Waals surface area contributed by atoms with E-state index in [-0.39, 0.29) is 12.1 Å². The average Bonchev–Trinajstić information content (AvgIpc) is 2.96. The Morgan fingerprint density at radius 2 is 2.08 bits per heavy atom. The highest BCUT2D eigenvalue weighted by atomic mass is 19.1. The number of pyridine rings is 1. The smallest absolute Gasteiger partial charge is 0.411 e. The van der Waals surface area contributed by atoms with Gasteiger partial charge < -0.3 is 10.1 Å². The summed E-state index contributed by atoms with van der Waals surface area (Å²) in [7, 11) is 1.23. The SMILES string of the molecule is COC(=O)Nc1cccc(F)c1CNc1cccn2c(C=O)c(C)nc12. The summed E-state index contributed by atoms with van der Waals surface area (Å²) in [5.41, 5.74) is 2.85. The monoisotopic (exact) mass is 356 g/mol. The zero-order valence-electron chi connectivity index (χ0n) is 14.2. The number of aldehydes is 1. The topological polar surface area (TPSA) is 84.7 Å². The van der Waals surface area contributed by atoms with Gasteiger partial charge >= 0.3 is 6.09 Å². The summed E-state index contributed by atoms with van der Waals surface area (Å²) in [6, 6.07) is 7.94. The van der Waals surface area contributed by atoms with Crippen LogP contribution in [-0.4, -0.2) is 28.9 Å². The lowest BCUT2D eigenvalue weighted by Gasteiger charge is -2.13. The van der Waals surface area contributed by atoms with Gasteiger partial charge in [0.25, 0.3) is 0 Å². The van der Waals surface area contributed by atoms with E-state index in [1.807, 2.05) is 0 Å². The van der Waals surface area contributed by atoms with Crippen molar-refractivity contribution in [1.82, 2.24) is 9.38 Å². The largest absolute Gasteiger partial charge is 0.453 e. The van der Waals surface area contributed by atoms with Gasteiger partial charge in [-0.05, 0) is 31.2 Å². The summed E-state index contributed by atoms with van der Waals surface area (Å²) in [6.07, 6.45) is 1.80. The third-order valence-corrected chi connectivity index (χ3v) is 3.98. The van der Waals surface area contributed by atoms with Gasteiger partial charge in [-0.1, -0.05) is 6.07 Å². The average molecular weight is 356 g/mol. The molecule has 134 valence electrons. The Morgan fingerprint density at radius 1 is 1.31 bits per heavy atom. The molecule has 0 saturated carbocycles. The number of hydrogen-bond acceptors (Lipinski definition) is 5. The number of anilines is 2. The van der Waals surface area contributed by atoms with Crippen molar-refractivity contribution >= 4 is 29.4 Å². The number of rotatable bonds is 5. The number of nitrogens with one attached hydrogen (secondary N) is 2. The second kappa shape index (κ2) is 7.22. The number of nitrogens with zero attached hydrogens (tertiary/aromatic N) is 2. The molecule has 0 radical (unpaired) electrons. The molecule has 2 heterocycles. The van der Waals surface area contributed by atoms with Crippen LogP contribution in [0.5, 0.6) is 0 Å². The number of halogens is 1. The maximum absolute atomic E-state index is 14.2. The first-order chi connectivity index (χ1) is 12.5. The van der Waals surface area contributed by atoms with Gasteiger partial charge in [0.05, 0.1) is 24.2 Å². The van der Waals surface area contributed by atoms with E-state index in [0.29, 0.717) is 28.4 Å². The van der Waals surface area contributed by atoms with Crippen LogP contribution in [0.4, 0.5) is 20.6 Å². The van der Waals surface area contributed by atoms with Gasteiger partial charge in [-0.3, -0.25) is 14.5 Å². The quantitative estimate of drug-likeness (QED) is 0.685. The van der Waals surface area contributed by atoms with Gasteiger partial charge in [-0.15, -0.1) is 0 Å². The van der Waals surface area contributed by atoms with Crippen LogP contribution in [-0.2, 0) is 11.3 Å². The van der Waals surface area contributed by atoms with E-state index in [2.05, 4.69) is 20.4 Å². The van der Waals surface area contributed by atoms with Crippen molar-refractivity contribution in [3.63, 3.8) is 0 Å². The van der Waals surface area contributed by atoms with Crippen LogP contribution in [0.25, 0.3) is 5.65 Å². The standard InChI is InChI=1S/C18H17FN4O3/c1-11-16(10-24)23-8-4-7-15(17(23)21-11)20-9-12-13(19)5-3-6-14(12)22-18(25)26-2/h3-8,10,20H,9H2,1-2H3,(H,22,25). The van der Waals surface area contributed by atoms with Gasteiger partial charge in [0.15, 0.2) is 11.9 Å². The van der Waals surface area contributed by atoms with Crippen molar-refractivity contribution in [3.8, 4) is 0 Å². The lowest BCUT2D eigenvalue weighted by atomic mass is 10.1. The molecule has 2 aromatic heterocycles. The van der Waals surface area contributed by atoms with E-state index >= 15 is 0 Å². The van der Waals surface area contributed by atoms with E-state index in [0.717, 1.165) is 6.29 Å². The minimum Gasteiger partial charge on any atom is -0.453 e. The van der Waals surface area contributed by atoms with E-state index in [4.69, 9.17) is 0 Å². The molecule has 0 unspecified atom stereocenters. The highest BCUT2D eigenvalue weighted by molar-refractivity contribution is 5.86. The van der Waals surface area contributed by atoms with Gasteiger partial charge in [-0.2, -0.15) is 0 Å². The van der Waals surface area contributed by atoms with Crippen molar-refractivity contribution < 1.29 is 18.7 Å². The summed E-state index contributed by atoms with van der Waals surface area (Å²) in [5, 5.41) is 5.60. The van der Waals surface area contributed by atoms with E-state index < -0.39 is 11.9 Å². The number of benzene rings is 1.